The molecule has 7 aromatic carbocycles. The average Bonchev–Trinajstić information content (AvgIpc) is 3.51. The molecule has 0 unspecified atom stereocenters. The second-order valence-corrected chi connectivity index (χ2v) is 13.6. The molecule has 0 aliphatic carbocycles. The number of para-hydroxylation sites is 1. The summed E-state index contributed by atoms with van der Waals surface area (Å²) in [5, 5.41) is 2.28. The zero-order valence-corrected chi connectivity index (χ0v) is 29.7. The molecule has 53 heavy (non-hydrogen) atoms. The first kappa shape index (κ1) is 32.2. The predicted molar refractivity (Wildman–Crippen MR) is 216 cm³/mol. The molecule has 4 nitrogen and oxygen atoms in total. The largest absolute Gasteiger partial charge is 0.309 e. The number of aromatic nitrogens is 4. The Morgan fingerprint density at radius 2 is 1.00 bits per heavy atom. The van der Waals surface area contributed by atoms with E-state index in [1.807, 2.05) is 72.8 Å². The second-order valence-electron chi connectivity index (χ2n) is 13.6. The van der Waals surface area contributed by atoms with Crippen LogP contribution in [-0.2, 0) is 0 Å². The molecular weight excluding hydrogens is 652 g/mol. The highest BCUT2D eigenvalue weighted by Gasteiger charge is 2.20. The molecule has 254 valence electrons. The zero-order chi connectivity index (χ0) is 36.1. The minimum absolute atomic E-state index is 0.286. The normalized spacial score (nSPS) is 11.4. The Morgan fingerprint density at radius 3 is 1.66 bits per heavy atom. The summed E-state index contributed by atoms with van der Waals surface area (Å²) >= 11 is 0. The summed E-state index contributed by atoms with van der Waals surface area (Å²) in [4.78, 5) is 15.0. The van der Waals surface area contributed by atoms with Crippen molar-refractivity contribution in [1.82, 2.24) is 19.5 Å². The van der Waals surface area contributed by atoms with Crippen LogP contribution >= 0.6 is 0 Å². The molecule has 0 N–H and O–H groups in total. The molecule has 0 aliphatic heterocycles. The molecule has 2 heterocycles. The van der Waals surface area contributed by atoms with E-state index in [-0.39, 0.29) is 5.82 Å². The zero-order valence-electron chi connectivity index (χ0n) is 29.7. The van der Waals surface area contributed by atoms with Crippen LogP contribution in [0.5, 0.6) is 0 Å². The van der Waals surface area contributed by atoms with Crippen molar-refractivity contribution in [2.75, 3.05) is 0 Å². The summed E-state index contributed by atoms with van der Waals surface area (Å²) in [5.41, 5.74) is 13.5. The molecular formula is C48H35FN4. The molecule has 9 rings (SSSR count). The van der Waals surface area contributed by atoms with Gasteiger partial charge in [-0.2, -0.15) is 0 Å². The Bertz CT molecular complexity index is 2740. The molecule has 0 bridgehead atoms. The SMILES string of the molecule is Cc1cc(C)c(-c2ccc3c(c2)c2ccccc2n3-c2cc(-c3nc(-c4ccccc4)nc(-c4ccccc4)n3)ccc2-c2cccc(F)c2)c(C)c1. The first-order valence-corrected chi connectivity index (χ1v) is 17.8. The monoisotopic (exact) mass is 686 g/mol. The van der Waals surface area contributed by atoms with Gasteiger partial charge in [-0.15, -0.1) is 0 Å². The summed E-state index contributed by atoms with van der Waals surface area (Å²) in [6, 6.07) is 52.7. The van der Waals surface area contributed by atoms with E-state index in [4.69, 9.17) is 15.0 Å². The number of hydrogen-bond acceptors (Lipinski definition) is 3. The maximum absolute atomic E-state index is 14.9. The van der Waals surface area contributed by atoms with Crippen LogP contribution in [0.4, 0.5) is 4.39 Å². The average molecular weight is 687 g/mol. The molecule has 0 atom stereocenters. The van der Waals surface area contributed by atoms with Crippen molar-refractivity contribution in [2.24, 2.45) is 0 Å². The van der Waals surface area contributed by atoms with Crippen LogP contribution in [0.15, 0.2) is 158 Å². The minimum atomic E-state index is -0.286. The van der Waals surface area contributed by atoms with Gasteiger partial charge in [-0.25, -0.2) is 19.3 Å². The third-order valence-electron chi connectivity index (χ3n) is 9.97. The van der Waals surface area contributed by atoms with Crippen molar-refractivity contribution in [3.05, 3.63) is 180 Å². The Labute approximate surface area is 307 Å². The van der Waals surface area contributed by atoms with E-state index in [0.717, 1.165) is 55.3 Å². The molecule has 0 radical (unpaired) electrons. The molecule has 5 heteroatoms. The van der Waals surface area contributed by atoms with Gasteiger partial charge < -0.3 is 4.57 Å². The molecule has 0 amide bonds. The third kappa shape index (κ3) is 5.86. The lowest BCUT2D eigenvalue weighted by molar-refractivity contribution is 0.628. The maximum atomic E-state index is 14.9. The van der Waals surface area contributed by atoms with Crippen molar-refractivity contribution in [3.8, 4) is 62.1 Å². The van der Waals surface area contributed by atoms with Gasteiger partial charge in [-0.05, 0) is 85.0 Å². The topological polar surface area (TPSA) is 43.6 Å². The highest BCUT2D eigenvalue weighted by atomic mass is 19.1. The summed E-state index contributed by atoms with van der Waals surface area (Å²) in [5.74, 6) is 1.46. The molecule has 0 saturated carbocycles. The van der Waals surface area contributed by atoms with Crippen molar-refractivity contribution in [3.63, 3.8) is 0 Å². The van der Waals surface area contributed by atoms with Gasteiger partial charge in [0.15, 0.2) is 17.5 Å². The highest BCUT2D eigenvalue weighted by Crippen LogP contribution is 2.40. The van der Waals surface area contributed by atoms with Gasteiger partial charge in [-0.1, -0.05) is 127 Å². The summed E-state index contributed by atoms with van der Waals surface area (Å²) in [7, 11) is 0. The summed E-state index contributed by atoms with van der Waals surface area (Å²) < 4.78 is 17.1. The molecule has 0 spiro atoms. The fraction of sp³-hybridized carbons (Fsp3) is 0.0625. The van der Waals surface area contributed by atoms with E-state index in [1.54, 1.807) is 12.1 Å². The third-order valence-corrected chi connectivity index (χ3v) is 9.97. The fourth-order valence-corrected chi connectivity index (χ4v) is 7.72. The molecule has 0 saturated heterocycles. The van der Waals surface area contributed by atoms with E-state index in [0.29, 0.717) is 17.5 Å². The van der Waals surface area contributed by atoms with E-state index in [2.05, 4.69) is 92.1 Å². The number of aryl methyl sites for hydroxylation is 3. The van der Waals surface area contributed by atoms with Crippen LogP contribution in [0.3, 0.4) is 0 Å². The smallest absolute Gasteiger partial charge is 0.164 e. The summed E-state index contributed by atoms with van der Waals surface area (Å²) in [6.07, 6.45) is 0. The van der Waals surface area contributed by atoms with Crippen molar-refractivity contribution < 1.29 is 4.39 Å². The van der Waals surface area contributed by atoms with Crippen molar-refractivity contribution in [1.29, 1.82) is 0 Å². The maximum Gasteiger partial charge on any atom is 0.164 e. The van der Waals surface area contributed by atoms with Crippen LogP contribution in [-0.4, -0.2) is 19.5 Å². The van der Waals surface area contributed by atoms with E-state index >= 15 is 0 Å². The second kappa shape index (κ2) is 13.1. The molecule has 0 fully saturated rings. The van der Waals surface area contributed by atoms with Gasteiger partial charge in [0.1, 0.15) is 5.82 Å². The number of rotatable bonds is 6. The minimum Gasteiger partial charge on any atom is -0.309 e. The van der Waals surface area contributed by atoms with Gasteiger partial charge in [0.25, 0.3) is 0 Å². The standard InChI is InChI=1S/C48H35FN4/c1-30-25-31(2)45(32(3)26-30)36-22-24-43-41(28-36)40-19-10-11-20-42(40)53(43)44-29-37(21-23-39(44)35-17-12-18-38(49)27-35)48-51-46(33-13-6-4-7-14-33)50-47(52-48)34-15-8-5-9-16-34/h4-29H,1-3H3. The lowest BCUT2D eigenvalue weighted by Gasteiger charge is -2.17. The van der Waals surface area contributed by atoms with Crippen LogP contribution in [0.25, 0.3) is 83.9 Å². The number of hydrogen-bond donors (Lipinski definition) is 0. The number of nitrogens with zero attached hydrogens (tertiary/aromatic N) is 4. The molecule has 0 aliphatic rings. The van der Waals surface area contributed by atoms with Crippen LogP contribution in [0.2, 0.25) is 0 Å². The van der Waals surface area contributed by atoms with Crippen molar-refractivity contribution in [2.45, 2.75) is 20.8 Å². The number of halogens is 1. The Hall–Kier alpha value is -6.72. The van der Waals surface area contributed by atoms with Gasteiger partial charge in [0.2, 0.25) is 0 Å². The number of benzene rings is 7. The quantitative estimate of drug-likeness (QED) is 0.175. The lowest BCUT2D eigenvalue weighted by atomic mass is 9.93. The van der Waals surface area contributed by atoms with Crippen LogP contribution in [0.1, 0.15) is 16.7 Å². The Morgan fingerprint density at radius 1 is 0.434 bits per heavy atom. The lowest BCUT2D eigenvalue weighted by Crippen LogP contribution is -2.02. The van der Waals surface area contributed by atoms with Crippen molar-refractivity contribution >= 4 is 21.8 Å². The predicted octanol–water partition coefficient (Wildman–Crippen LogP) is 12.4. The van der Waals surface area contributed by atoms with Crippen LogP contribution in [0, 0.1) is 26.6 Å². The van der Waals surface area contributed by atoms with E-state index in [1.165, 1.54) is 33.9 Å². The van der Waals surface area contributed by atoms with E-state index < -0.39 is 0 Å². The van der Waals surface area contributed by atoms with Gasteiger partial charge in [0.05, 0.1) is 16.7 Å². The first-order chi connectivity index (χ1) is 25.9. The first-order valence-electron chi connectivity index (χ1n) is 17.8. The molecule has 2 aromatic heterocycles. The van der Waals surface area contributed by atoms with Gasteiger partial charge in [-0.3, -0.25) is 0 Å². The van der Waals surface area contributed by atoms with E-state index in [9.17, 15) is 4.39 Å². The van der Waals surface area contributed by atoms with Crippen LogP contribution < -0.4 is 0 Å². The number of fused-ring (bicyclic) bond motifs is 3. The molecule has 9 aromatic rings. The summed E-state index contributed by atoms with van der Waals surface area (Å²) in [6.45, 7) is 6.52. The highest BCUT2D eigenvalue weighted by molar-refractivity contribution is 6.11. The Kier molecular flexibility index (Phi) is 7.97. The van der Waals surface area contributed by atoms with Gasteiger partial charge >= 0.3 is 0 Å². The van der Waals surface area contributed by atoms with Gasteiger partial charge in [0, 0.05) is 33.0 Å². The fourth-order valence-electron chi connectivity index (χ4n) is 7.72. The Balaban J connectivity index is 1.31.